The zero-order valence-electron chi connectivity index (χ0n) is 4.33. The normalized spacial score (nSPS) is 14.1. The molecule has 0 amide bonds. The van der Waals surface area contributed by atoms with Crippen LogP contribution in [-0.4, -0.2) is 12.6 Å². The standard InChI is InChI=1S/C4H8I2N/c1-3(6-2)4(5)7/h3,7H,1-2H3/q-1. The van der Waals surface area contributed by atoms with Gasteiger partial charge in [-0.2, -0.15) is 0 Å². The molecule has 3 heteroatoms. The molecule has 1 nitrogen and oxygen atoms in total. The SMILES string of the molecule is C[I-]C(C)C(=N)I. The Morgan fingerprint density at radius 3 is 2.29 bits per heavy atom. The van der Waals surface area contributed by atoms with Crippen LogP contribution >= 0.6 is 22.6 Å². The van der Waals surface area contributed by atoms with Gasteiger partial charge in [0.2, 0.25) is 0 Å². The summed E-state index contributed by atoms with van der Waals surface area (Å²) in [5.41, 5.74) is 0. The van der Waals surface area contributed by atoms with E-state index in [1.807, 2.05) is 0 Å². The Bertz CT molecular complexity index is 72.1. The van der Waals surface area contributed by atoms with Crippen LogP contribution in [0.25, 0.3) is 0 Å². The van der Waals surface area contributed by atoms with Gasteiger partial charge < -0.3 is 0 Å². The summed E-state index contributed by atoms with van der Waals surface area (Å²) in [7, 11) is 0. The van der Waals surface area contributed by atoms with Crippen LogP contribution in [-0.2, 0) is 0 Å². The van der Waals surface area contributed by atoms with Crippen LogP contribution in [0.5, 0.6) is 0 Å². The van der Waals surface area contributed by atoms with Crippen molar-refractivity contribution < 1.29 is 21.2 Å². The molecule has 7 heavy (non-hydrogen) atoms. The third-order valence-electron chi connectivity index (χ3n) is 0.677. The summed E-state index contributed by atoms with van der Waals surface area (Å²) >= 11 is 2.35. The molecule has 0 heterocycles. The Hall–Kier alpha value is 1.13. The summed E-state index contributed by atoms with van der Waals surface area (Å²) in [5.74, 6) is 0. The van der Waals surface area contributed by atoms with Crippen LogP contribution in [0, 0.1) is 5.41 Å². The van der Waals surface area contributed by atoms with Gasteiger partial charge in [0, 0.05) is 0 Å². The summed E-state index contributed by atoms with van der Waals surface area (Å²) in [5, 5.41) is 7.11. The van der Waals surface area contributed by atoms with Crippen molar-refractivity contribution in [2.75, 3.05) is 4.93 Å². The average Bonchev–Trinajstić information content (AvgIpc) is 1.65. The van der Waals surface area contributed by atoms with Crippen molar-refractivity contribution in [1.29, 1.82) is 5.41 Å². The molecule has 0 aliphatic rings. The van der Waals surface area contributed by atoms with Crippen molar-refractivity contribution in [3.8, 4) is 0 Å². The average molecular weight is 324 g/mol. The van der Waals surface area contributed by atoms with Gasteiger partial charge in [-0.05, 0) is 0 Å². The second-order valence-corrected chi connectivity index (χ2v) is 5.46. The maximum atomic E-state index is 7.11. The van der Waals surface area contributed by atoms with E-state index in [0.29, 0.717) is 3.92 Å². The third-order valence-corrected chi connectivity index (χ3v) is 5.29. The molecule has 0 aliphatic heterocycles. The predicted molar refractivity (Wildman–Crippen MR) is 37.1 cm³/mol. The van der Waals surface area contributed by atoms with Gasteiger partial charge in [-0.25, -0.2) is 0 Å². The summed E-state index contributed by atoms with van der Waals surface area (Å²) in [6.45, 7) is 2.11. The van der Waals surface area contributed by atoms with E-state index >= 15 is 0 Å². The van der Waals surface area contributed by atoms with E-state index in [2.05, 4.69) is 34.4 Å². The van der Waals surface area contributed by atoms with Gasteiger partial charge in [0.1, 0.15) is 0 Å². The molecule has 0 aromatic heterocycles. The zero-order valence-corrected chi connectivity index (χ0v) is 8.65. The number of hydrogen-bond donors (Lipinski definition) is 1. The molecular weight excluding hydrogens is 316 g/mol. The monoisotopic (exact) mass is 324 g/mol. The molecule has 0 saturated carbocycles. The van der Waals surface area contributed by atoms with Gasteiger partial charge in [0.25, 0.3) is 0 Å². The van der Waals surface area contributed by atoms with E-state index in [9.17, 15) is 0 Å². The van der Waals surface area contributed by atoms with Crippen LogP contribution in [0.1, 0.15) is 6.92 Å². The minimum atomic E-state index is 0.272. The number of nitrogens with one attached hydrogen (secondary N) is 1. The van der Waals surface area contributed by atoms with E-state index in [0.717, 1.165) is 3.72 Å². The quantitative estimate of drug-likeness (QED) is 0.364. The number of rotatable bonds is 2. The Kier molecular flexibility index (Phi) is 4.71. The number of halogens is 2. The molecule has 0 spiro atoms. The van der Waals surface area contributed by atoms with Gasteiger partial charge in [-0.15, -0.1) is 0 Å². The van der Waals surface area contributed by atoms with Gasteiger partial charge in [0.05, 0.1) is 0 Å². The molecule has 0 saturated heterocycles. The fourth-order valence-electron chi connectivity index (χ4n) is 0.0958. The first-order valence-electron chi connectivity index (χ1n) is 1.90. The summed E-state index contributed by atoms with van der Waals surface area (Å²) in [6, 6.07) is 0. The van der Waals surface area contributed by atoms with E-state index in [1.165, 1.54) is 0 Å². The van der Waals surface area contributed by atoms with E-state index < -0.39 is 0 Å². The molecule has 1 unspecified atom stereocenters. The summed E-state index contributed by atoms with van der Waals surface area (Å²) in [4.78, 5) is 2.21. The van der Waals surface area contributed by atoms with E-state index in [4.69, 9.17) is 5.41 Å². The first-order valence-corrected chi connectivity index (χ1v) is 6.38. The first kappa shape index (κ1) is 8.13. The van der Waals surface area contributed by atoms with Crippen LogP contribution in [0.3, 0.4) is 0 Å². The van der Waals surface area contributed by atoms with Crippen LogP contribution in [0.2, 0.25) is 0 Å². The maximum absolute atomic E-state index is 7.11. The van der Waals surface area contributed by atoms with Crippen molar-refractivity contribution in [1.82, 2.24) is 0 Å². The molecule has 0 aromatic rings. The van der Waals surface area contributed by atoms with Crippen molar-refractivity contribution >= 4 is 26.3 Å². The molecule has 44 valence electrons. The van der Waals surface area contributed by atoms with Gasteiger partial charge in [-0.3, -0.25) is 0 Å². The fourth-order valence-corrected chi connectivity index (χ4v) is 2.22. The van der Waals surface area contributed by atoms with Crippen molar-refractivity contribution in [2.24, 2.45) is 0 Å². The predicted octanol–water partition coefficient (Wildman–Crippen LogP) is -1.49. The number of hydrogen-bond acceptors (Lipinski definition) is 1. The fraction of sp³-hybridized carbons (Fsp3) is 0.750. The molecule has 0 aliphatic carbocycles. The Balaban J connectivity index is 3.34. The second kappa shape index (κ2) is 4.05. The van der Waals surface area contributed by atoms with Gasteiger partial charge >= 0.3 is 68.7 Å². The van der Waals surface area contributed by atoms with E-state index in [1.54, 1.807) is 0 Å². The first-order chi connectivity index (χ1) is 3.18. The Labute approximate surface area is 68.2 Å². The summed E-state index contributed by atoms with van der Waals surface area (Å²) < 4.78 is 1.40. The van der Waals surface area contributed by atoms with Crippen LogP contribution in [0.15, 0.2) is 0 Å². The molecule has 1 N–H and O–H groups in total. The van der Waals surface area contributed by atoms with Crippen molar-refractivity contribution in [2.45, 2.75) is 10.8 Å². The molecule has 0 rings (SSSR count). The van der Waals surface area contributed by atoms with Gasteiger partial charge in [0.15, 0.2) is 0 Å². The molecule has 1 atom stereocenters. The van der Waals surface area contributed by atoms with Crippen molar-refractivity contribution in [3.63, 3.8) is 0 Å². The van der Waals surface area contributed by atoms with Crippen molar-refractivity contribution in [3.05, 3.63) is 0 Å². The molecule has 0 aromatic carbocycles. The number of alkyl halides is 2. The zero-order chi connectivity index (χ0) is 5.86. The topological polar surface area (TPSA) is 23.9 Å². The Morgan fingerprint density at radius 1 is 1.86 bits per heavy atom. The minimum absolute atomic E-state index is 0.272. The van der Waals surface area contributed by atoms with E-state index in [-0.39, 0.29) is 21.2 Å². The van der Waals surface area contributed by atoms with Crippen LogP contribution in [0.4, 0.5) is 0 Å². The molecule has 0 bridgehead atoms. The van der Waals surface area contributed by atoms with Crippen LogP contribution < -0.4 is 21.2 Å². The molecule has 0 fully saturated rings. The molecular formula is C4H8I2N-. The Morgan fingerprint density at radius 2 is 2.29 bits per heavy atom. The summed E-state index contributed by atoms with van der Waals surface area (Å²) in [6.07, 6.45) is 0. The third kappa shape index (κ3) is 3.69. The molecule has 0 radical (unpaired) electrons. The second-order valence-electron chi connectivity index (χ2n) is 1.18. The van der Waals surface area contributed by atoms with Gasteiger partial charge in [-0.1, -0.05) is 0 Å².